The number of nitrogens with one attached hydrogen (secondary N) is 1. The van der Waals surface area contributed by atoms with E-state index in [1.807, 2.05) is 0 Å². The van der Waals surface area contributed by atoms with Gasteiger partial charge in [-0.25, -0.2) is 0 Å². The molecular formula is C16H27NO3. The third-order valence-corrected chi connectivity index (χ3v) is 5.20. The summed E-state index contributed by atoms with van der Waals surface area (Å²) < 4.78 is 11.5. The first kappa shape index (κ1) is 14.5. The Hall–Kier alpha value is -0.450. The Balaban J connectivity index is 1.62. The van der Waals surface area contributed by atoms with Gasteiger partial charge in [-0.05, 0) is 45.1 Å². The zero-order valence-electron chi connectivity index (χ0n) is 12.4. The van der Waals surface area contributed by atoms with Crippen LogP contribution in [0.1, 0.15) is 51.4 Å². The molecule has 3 fully saturated rings. The van der Waals surface area contributed by atoms with Crippen LogP contribution in [-0.4, -0.2) is 43.8 Å². The van der Waals surface area contributed by atoms with Gasteiger partial charge in [0.05, 0.1) is 11.6 Å². The molecule has 20 heavy (non-hydrogen) atoms. The number of ether oxygens (including phenoxy) is 2. The average molecular weight is 281 g/mol. The van der Waals surface area contributed by atoms with E-state index in [1.54, 1.807) is 0 Å². The van der Waals surface area contributed by atoms with Gasteiger partial charge in [0.1, 0.15) is 0 Å². The van der Waals surface area contributed by atoms with Crippen molar-refractivity contribution in [3.63, 3.8) is 0 Å². The highest BCUT2D eigenvalue weighted by atomic mass is 16.5. The summed E-state index contributed by atoms with van der Waals surface area (Å²) in [7, 11) is 0. The topological polar surface area (TPSA) is 47.6 Å². The number of ketones is 1. The second kappa shape index (κ2) is 6.54. The molecule has 4 nitrogen and oxygen atoms in total. The van der Waals surface area contributed by atoms with E-state index in [0.29, 0.717) is 5.78 Å². The predicted octanol–water partition coefficient (Wildman–Crippen LogP) is 2.06. The molecule has 1 N–H and O–H groups in total. The van der Waals surface area contributed by atoms with Crippen LogP contribution in [0.3, 0.4) is 0 Å². The van der Waals surface area contributed by atoms with Crippen LogP contribution >= 0.6 is 0 Å². The Morgan fingerprint density at radius 3 is 2.75 bits per heavy atom. The first-order chi connectivity index (χ1) is 9.79. The zero-order chi connectivity index (χ0) is 13.8. The highest BCUT2D eigenvalue weighted by molar-refractivity contribution is 5.86. The maximum atomic E-state index is 12.8. The van der Waals surface area contributed by atoms with Crippen LogP contribution < -0.4 is 5.32 Å². The first-order valence-electron chi connectivity index (χ1n) is 8.28. The van der Waals surface area contributed by atoms with E-state index in [0.717, 1.165) is 58.5 Å². The van der Waals surface area contributed by atoms with Crippen LogP contribution in [-0.2, 0) is 14.3 Å². The quantitative estimate of drug-likeness (QED) is 0.841. The predicted molar refractivity (Wildman–Crippen MR) is 76.7 cm³/mol. The summed E-state index contributed by atoms with van der Waals surface area (Å²) in [6, 6.07) is 0.0949. The maximum absolute atomic E-state index is 12.8. The van der Waals surface area contributed by atoms with E-state index in [2.05, 4.69) is 5.32 Å². The fraction of sp³-hybridized carbons (Fsp3) is 0.938. The van der Waals surface area contributed by atoms with Gasteiger partial charge >= 0.3 is 0 Å². The van der Waals surface area contributed by atoms with Crippen LogP contribution in [0, 0.1) is 5.92 Å². The zero-order valence-corrected chi connectivity index (χ0v) is 12.4. The van der Waals surface area contributed by atoms with Crippen molar-refractivity contribution in [1.29, 1.82) is 0 Å². The number of carbonyl (C=O) groups is 1. The van der Waals surface area contributed by atoms with Crippen LogP contribution in [0.4, 0.5) is 0 Å². The third-order valence-electron chi connectivity index (χ3n) is 5.20. The van der Waals surface area contributed by atoms with Crippen molar-refractivity contribution in [1.82, 2.24) is 5.32 Å². The van der Waals surface area contributed by atoms with E-state index >= 15 is 0 Å². The van der Waals surface area contributed by atoms with Gasteiger partial charge in [0.2, 0.25) is 0 Å². The minimum absolute atomic E-state index is 0.0679. The number of carbonyl (C=O) groups excluding carboxylic acids is 1. The van der Waals surface area contributed by atoms with Crippen molar-refractivity contribution in [3.8, 4) is 0 Å². The van der Waals surface area contributed by atoms with Crippen molar-refractivity contribution in [3.05, 3.63) is 0 Å². The molecule has 114 valence electrons. The molecule has 3 saturated heterocycles. The molecule has 0 aromatic heterocycles. The summed E-state index contributed by atoms with van der Waals surface area (Å²) in [5.41, 5.74) is -0.0679. The largest absolute Gasteiger partial charge is 0.381 e. The smallest absolute Gasteiger partial charge is 0.153 e. The van der Waals surface area contributed by atoms with Crippen LogP contribution in [0.5, 0.6) is 0 Å². The highest BCUT2D eigenvalue weighted by Crippen LogP contribution is 2.38. The van der Waals surface area contributed by atoms with Crippen molar-refractivity contribution in [2.75, 3.05) is 26.4 Å². The lowest BCUT2D eigenvalue weighted by Crippen LogP contribution is -2.49. The van der Waals surface area contributed by atoms with Crippen LogP contribution in [0.25, 0.3) is 0 Å². The summed E-state index contributed by atoms with van der Waals surface area (Å²) >= 11 is 0. The lowest BCUT2D eigenvalue weighted by molar-refractivity contribution is -0.158. The standard InChI is InChI=1S/C16H27NO3/c18-15(14-4-2-1-3-8-17-14)13-5-9-20-16(12-13)6-10-19-11-7-16/h13-14,17H,1-12H2. The van der Waals surface area contributed by atoms with Gasteiger partial charge in [0, 0.05) is 25.7 Å². The van der Waals surface area contributed by atoms with E-state index in [-0.39, 0.29) is 17.6 Å². The Kier molecular flexibility index (Phi) is 4.74. The Morgan fingerprint density at radius 2 is 1.90 bits per heavy atom. The first-order valence-corrected chi connectivity index (χ1v) is 8.28. The van der Waals surface area contributed by atoms with Crippen molar-refractivity contribution in [2.45, 2.75) is 63.0 Å². The van der Waals surface area contributed by atoms with Crippen molar-refractivity contribution in [2.24, 2.45) is 5.92 Å². The normalized spacial score (nSPS) is 34.6. The molecule has 2 unspecified atom stereocenters. The molecule has 0 amide bonds. The lowest BCUT2D eigenvalue weighted by Gasteiger charge is -2.43. The fourth-order valence-electron chi connectivity index (χ4n) is 3.92. The van der Waals surface area contributed by atoms with E-state index in [1.165, 1.54) is 19.3 Å². The monoisotopic (exact) mass is 281 g/mol. The fourth-order valence-corrected chi connectivity index (χ4v) is 3.92. The minimum Gasteiger partial charge on any atom is -0.381 e. The highest BCUT2D eigenvalue weighted by Gasteiger charge is 2.42. The number of hydrogen-bond donors (Lipinski definition) is 1. The summed E-state index contributed by atoms with van der Waals surface area (Å²) in [6.45, 7) is 3.30. The van der Waals surface area contributed by atoms with Gasteiger partial charge in [-0.15, -0.1) is 0 Å². The molecule has 1 spiro atoms. The molecule has 4 heteroatoms. The van der Waals surface area contributed by atoms with Gasteiger partial charge in [-0.3, -0.25) is 4.79 Å². The van der Waals surface area contributed by atoms with Crippen molar-refractivity contribution >= 4 is 5.78 Å². The molecule has 0 aliphatic carbocycles. The number of Topliss-reactive ketones (excluding diaryl/α,β-unsaturated/α-hetero) is 1. The van der Waals surface area contributed by atoms with Gasteiger partial charge in [0.15, 0.2) is 5.78 Å². The summed E-state index contributed by atoms with van der Waals surface area (Å²) in [6.07, 6.45) is 8.39. The summed E-state index contributed by atoms with van der Waals surface area (Å²) in [5.74, 6) is 0.638. The molecule has 0 bridgehead atoms. The van der Waals surface area contributed by atoms with Gasteiger partial charge < -0.3 is 14.8 Å². The van der Waals surface area contributed by atoms with Gasteiger partial charge in [0.25, 0.3) is 0 Å². The second-order valence-electron chi connectivity index (χ2n) is 6.59. The molecule has 0 aromatic carbocycles. The molecule has 0 aromatic rings. The molecule has 0 radical (unpaired) electrons. The average Bonchev–Trinajstić information content (AvgIpc) is 2.76. The van der Waals surface area contributed by atoms with Gasteiger partial charge in [-0.1, -0.05) is 12.8 Å². The number of rotatable bonds is 2. The minimum atomic E-state index is -0.0679. The van der Waals surface area contributed by atoms with E-state index in [9.17, 15) is 4.79 Å². The summed E-state index contributed by atoms with van der Waals surface area (Å²) in [4.78, 5) is 12.8. The molecule has 3 aliphatic rings. The molecule has 3 heterocycles. The van der Waals surface area contributed by atoms with E-state index in [4.69, 9.17) is 9.47 Å². The van der Waals surface area contributed by atoms with Crippen molar-refractivity contribution < 1.29 is 14.3 Å². The molecular weight excluding hydrogens is 254 g/mol. The maximum Gasteiger partial charge on any atom is 0.153 e. The Morgan fingerprint density at radius 1 is 1.05 bits per heavy atom. The molecule has 3 aliphatic heterocycles. The van der Waals surface area contributed by atoms with Gasteiger partial charge in [-0.2, -0.15) is 0 Å². The summed E-state index contributed by atoms with van der Waals surface area (Å²) in [5, 5.41) is 3.45. The Bertz CT molecular complexity index is 325. The van der Waals surface area contributed by atoms with Crippen LogP contribution in [0.15, 0.2) is 0 Å². The molecule has 3 rings (SSSR count). The van der Waals surface area contributed by atoms with Crippen LogP contribution in [0.2, 0.25) is 0 Å². The van der Waals surface area contributed by atoms with E-state index < -0.39 is 0 Å². The third kappa shape index (κ3) is 3.23. The SMILES string of the molecule is O=C(C1CCOC2(CCOCC2)C1)C1CCCCCN1. The Labute approximate surface area is 121 Å². The molecule has 2 atom stereocenters. The lowest BCUT2D eigenvalue weighted by atomic mass is 9.77. The number of hydrogen-bond acceptors (Lipinski definition) is 4. The molecule has 0 saturated carbocycles. The second-order valence-corrected chi connectivity index (χ2v) is 6.59.